The highest BCUT2D eigenvalue weighted by Gasteiger charge is 2.38. The Balaban J connectivity index is 2.09. The molecule has 0 saturated carbocycles. The van der Waals surface area contributed by atoms with Crippen molar-refractivity contribution < 1.29 is 14.0 Å². The summed E-state index contributed by atoms with van der Waals surface area (Å²) >= 11 is 3.19. The normalized spacial score (nSPS) is 22.4. The van der Waals surface area contributed by atoms with Crippen LogP contribution in [0.1, 0.15) is 13.3 Å². The SMILES string of the molecule is CC(=O)N1CC(F)CC1C(=O)Nc1cccc(Br)n1. The van der Waals surface area contributed by atoms with Crippen LogP contribution in [0.15, 0.2) is 22.8 Å². The maximum Gasteiger partial charge on any atom is 0.248 e. The monoisotopic (exact) mass is 329 g/mol. The zero-order valence-corrected chi connectivity index (χ0v) is 11.9. The highest BCUT2D eigenvalue weighted by molar-refractivity contribution is 9.10. The third-order valence-electron chi connectivity index (χ3n) is 2.92. The van der Waals surface area contributed by atoms with Gasteiger partial charge in [0, 0.05) is 13.3 Å². The number of alkyl halides is 1. The number of aromatic nitrogens is 1. The summed E-state index contributed by atoms with van der Waals surface area (Å²) in [6.45, 7) is 1.30. The van der Waals surface area contributed by atoms with Gasteiger partial charge in [0.05, 0.1) is 6.54 Å². The van der Waals surface area contributed by atoms with Crippen molar-refractivity contribution in [2.24, 2.45) is 0 Å². The van der Waals surface area contributed by atoms with Crippen LogP contribution < -0.4 is 5.32 Å². The van der Waals surface area contributed by atoms with Gasteiger partial charge in [0.15, 0.2) is 0 Å². The smallest absolute Gasteiger partial charge is 0.248 e. The molecule has 1 aliphatic rings. The average molecular weight is 330 g/mol. The van der Waals surface area contributed by atoms with Gasteiger partial charge in [0.25, 0.3) is 0 Å². The molecule has 2 amide bonds. The van der Waals surface area contributed by atoms with Crippen LogP contribution in [0.5, 0.6) is 0 Å². The first kappa shape index (κ1) is 13.9. The number of hydrogen-bond donors (Lipinski definition) is 1. The van der Waals surface area contributed by atoms with E-state index in [4.69, 9.17) is 0 Å². The van der Waals surface area contributed by atoms with Gasteiger partial charge in [0.1, 0.15) is 22.6 Å². The van der Waals surface area contributed by atoms with Gasteiger partial charge in [-0.1, -0.05) is 6.07 Å². The van der Waals surface area contributed by atoms with Crippen LogP contribution in [-0.2, 0) is 9.59 Å². The van der Waals surface area contributed by atoms with Crippen molar-refractivity contribution in [2.45, 2.75) is 25.6 Å². The van der Waals surface area contributed by atoms with E-state index in [9.17, 15) is 14.0 Å². The van der Waals surface area contributed by atoms with Gasteiger partial charge in [-0.3, -0.25) is 9.59 Å². The Labute approximate surface area is 118 Å². The van der Waals surface area contributed by atoms with Gasteiger partial charge >= 0.3 is 0 Å². The highest BCUT2D eigenvalue weighted by atomic mass is 79.9. The fourth-order valence-corrected chi connectivity index (χ4v) is 2.41. The fraction of sp³-hybridized carbons (Fsp3) is 0.417. The van der Waals surface area contributed by atoms with Crippen LogP contribution in [-0.4, -0.2) is 40.5 Å². The van der Waals surface area contributed by atoms with Crippen LogP contribution in [0.4, 0.5) is 10.2 Å². The minimum atomic E-state index is -1.16. The van der Waals surface area contributed by atoms with E-state index in [0.29, 0.717) is 10.4 Å². The number of carbonyl (C=O) groups is 2. The summed E-state index contributed by atoms with van der Waals surface area (Å²) in [5.74, 6) is -0.353. The summed E-state index contributed by atoms with van der Waals surface area (Å²) in [6.07, 6.45) is -1.13. The molecule has 19 heavy (non-hydrogen) atoms. The topological polar surface area (TPSA) is 62.3 Å². The Hall–Kier alpha value is -1.50. The molecule has 0 aliphatic carbocycles. The maximum atomic E-state index is 13.4. The maximum absolute atomic E-state index is 13.4. The number of halogens is 2. The second kappa shape index (κ2) is 5.64. The molecule has 0 bridgehead atoms. The first-order valence-corrected chi connectivity index (χ1v) is 6.61. The number of likely N-dealkylation sites (tertiary alicyclic amines) is 1. The van der Waals surface area contributed by atoms with E-state index in [2.05, 4.69) is 26.2 Å². The molecule has 0 radical (unpaired) electrons. The number of pyridine rings is 1. The standard InChI is InChI=1S/C12H13BrFN3O2/c1-7(18)17-6-8(14)5-9(17)12(19)16-11-4-2-3-10(13)15-11/h2-4,8-9H,5-6H2,1H3,(H,15,16,19). The van der Waals surface area contributed by atoms with Gasteiger partial charge in [-0.25, -0.2) is 9.37 Å². The van der Waals surface area contributed by atoms with Gasteiger partial charge in [-0.05, 0) is 28.1 Å². The molecule has 0 spiro atoms. The quantitative estimate of drug-likeness (QED) is 0.841. The molecule has 2 atom stereocenters. The van der Waals surface area contributed by atoms with Crippen molar-refractivity contribution in [2.75, 3.05) is 11.9 Å². The number of nitrogens with zero attached hydrogens (tertiary/aromatic N) is 2. The number of nitrogens with one attached hydrogen (secondary N) is 1. The van der Waals surface area contributed by atoms with Gasteiger partial charge < -0.3 is 10.2 Å². The zero-order valence-electron chi connectivity index (χ0n) is 10.3. The number of rotatable bonds is 2. The fourth-order valence-electron chi connectivity index (χ4n) is 2.07. The van der Waals surface area contributed by atoms with E-state index in [1.807, 2.05) is 0 Å². The van der Waals surface area contributed by atoms with Crippen molar-refractivity contribution in [3.63, 3.8) is 0 Å². The second-order valence-electron chi connectivity index (χ2n) is 4.35. The Morgan fingerprint density at radius 1 is 1.53 bits per heavy atom. The Morgan fingerprint density at radius 2 is 2.26 bits per heavy atom. The lowest BCUT2D eigenvalue weighted by Crippen LogP contribution is -2.42. The van der Waals surface area contributed by atoms with Gasteiger partial charge in [-0.2, -0.15) is 0 Å². The summed E-state index contributed by atoms with van der Waals surface area (Å²) in [4.78, 5) is 28.7. The molecule has 1 N–H and O–H groups in total. The van der Waals surface area contributed by atoms with Crippen LogP contribution in [0.3, 0.4) is 0 Å². The Bertz CT molecular complexity index is 512. The molecular formula is C12H13BrFN3O2. The minimum absolute atomic E-state index is 0.0272. The van der Waals surface area contributed by atoms with Crippen molar-refractivity contribution >= 4 is 33.6 Å². The lowest BCUT2D eigenvalue weighted by atomic mass is 10.2. The summed E-state index contributed by atoms with van der Waals surface area (Å²) < 4.78 is 13.9. The van der Waals surface area contributed by atoms with E-state index < -0.39 is 18.1 Å². The molecule has 2 rings (SSSR count). The number of amides is 2. The molecule has 2 unspecified atom stereocenters. The number of anilines is 1. The van der Waals surface area contributed by atoms with Crippen LogP contribution in [0.2, 0.25) is 0 Å². The number of carbonyl (C=O) groups excluding carboxylic acids is 2. The Morgan fingerprint density at radius 3 is 2.89 bits per heavy atom. The molecule has 0 aromatic carbocycles. The summed E-state index contributed by atoms with van der Waals surface area (Å²) in [6, 6.07) is 4.31. The average Bonchev–Trinajstić information content (AvgIpc) is 2.71. The summed E-state index contributed by atoms with van der Waals surface area (Å²) in [7, 11) is 0. The molecule has 102 valence electrons. The van der Waals surface area contributed by atoms with Crippen molar-refractivity contribution in [1.82, 2.24) is 9.88 Å². The van der Waals surface area contributed by atoms with Crippen molar-refractivity contribution in [1.29, 1.82) is 0 Å². The lowest BCUT2D eigenvalue weighted by Gasteiger charge is -2.21. The lowest BCUT2D eigenvalue weighted by molar-refractivity contribution is -0.134. The summed E-state index contributed by atoms with van der Waals surface area (Å²) in [5, 5.41) is 2.59. The third-order valence-corrected chi connectivity index (χ3v) is 3.37. The molecule has 5 nitrogen and oxygen atoms in total. The van der Waals surface area contributed by atoms with Gasteiger partial charge in [0.2, 0.25) is 11.8 Å². The predicted molar refractivity (Wildman–Crippen MR) is 71.3 cm³/mol. The Kier molecular flexibility index (Phi) is 4.14. The van der Waals surface area contributed by atoms with E-state index >= 15 is 0 Å². The first-order chi connectivity index (χ1) is 8.97. The van der Waals surface area contributed by atoms with E-state index in [-0.39, 0.29) is 18.9 Å². The summed E-state index contributed by atoms with van der Waals surface area (Å²) in [5.41, 5.74) is 0. The van der Waals surface area contributed by atoms with Gasteiger partial charge in [-0.15, -0.1) is 0 Å². The van der Waals surface area contributed by atoms with Crippen LogP contribution in [0, 0.1) is 0 Å². The molecule has 1 aromatic rings. The van der Waals surface area contributed by atoms with E-state index in [0.717, 1.165) is 0 Å². The second-order valence-corrected chi connectivity index (χ2v) is 5.17. The molecule has 2 heterocycles. The molecule has 1 fully saturated rings. The van der Waals surface area contributed by atoms with E-state index in [1.165, 1.54) is 11.8 Å². The molecular weight excluding hydrogens is 317 g/mol. The first-order valence-electron chi connectivity index (χ1n) is 5.82. The van der Waals surface area contributed by atoms with E-state index in [1.54, 1.807) is 18.2 Å². The molecule has 1 aliphatic heterocycles. The number of hydrogen-bond acceptors (Lipinski definition) is 3. The predicted octanol–water partition coefficient (Wildman–Crippen LogP) is 1.74. The van der Waals surface area contributed by atoms with Crippen LogP contribution >= 0.6 is 15.9 Å². The minimum Gasteiger partial charge on any atom is -0.328 e. The molecule has 7 heteroatoms. The highest BCUT2D eigenvalue weighted by Crippen LogP contribution is 2.22. The van der Waals surface area contributed by atoms with Crippen LogP contribution in [0.25, 0.3) is 0 Å². The van der Waals surface area contributed by atoms with Crippen molar-refractivity contribution in [3.8, 4) is 0 Å². The van der Waals surface area contributed by atoms with Crippen molar-refractivity contribution in [3.05, 3.63) is 22.8 Å². The molecule has 1 saturated heterocycles. The third kappa shape index (κ3) is 3.28. The zero-order chi connectivity index (χ0) is 14.0. The molecule has 1 aromatic heterocycles. The largest absolute Gasteiger partial charge is 0.328 e.